The van der Waals surface area contributed by atoms with Crippen LogP contribution in [0.2, 0.25) is 0 Å². The SMILES string of the molecule is CCOc1cc(-c2nc(-c3ccccc3)c(-c3ccccc3)[nH]2)ccc1OCc1cn(Cc2ccccc2C)nn1. The number of nitrogens with zero attached hydrogens (tertiary/aromatic N) is 4. The zero-order valence-electron chi connectivity index (χ0n) is 23.1. The van der Waals surface area contributed by atoms with Gasteiger partial charge in [0.15, 0.2) is 11.5 Å². The second kappa shape index (κ2) is 11.9. The van der Waals surface area contributed by atoms with E-state index in [0.29, 0.717) is 24.7 Å². The molecular weight excluding hydrogens is 510 g/mol. The Morgan fingerprint density at radius 3 is 2.24 bits per heavy atom. The third-order valence-corrected chi connectivity index (χ3v) is 6.89. The van der Waals surface area contributed by atoms with Crippen LogP contribution < -0.4 is 9.47 Å². The van der Waals surface area contributed by atoms with Crippen LogP contribution >= 0.6 is 0 Å². The minimum Gasteiger partial charge on any atom is -0.490 e. The van der Waals surface area contributed by atoms with E-state index in [9.17, 15) is 0 Å². The summed E-state index contributed by atoms with van der Waals surface area (Å²) in [7, 11) is 0. The Labute approximate surface area is 239 Å². The number of hydrogen-bond acceptors (Lipinski definition) is 5. The molecule has 0 saturated heterocycles. The third kappa shape index (κ3) is 5.89. The van der Waals surface area contributed by atoms with Gasteiger partial charge in [-0.25, -0.2) is 9.67 Å². The Kier molecular flexibility index (Phi) is 7.58. The number of aryl methyl sites for hydroxylation is 1. The first-order valence-corrected chi connectivity index (χ1v) is 13.7. The van der Waals surface area contributed by atoms with Gasteiger partial charge in [0.1, 0.15) is 18.1 Å². The summed E-state index contributed by atoms with van der Waals surface area (Å²) >= 11 is 0. The normalized spacial score (nSPS) is 11.0. The third-order valence-electron chi connectivity index (χ3n) is 6.89. The molecule has 0 spiro atoms. The maximum absolute atomic E-state index is 6.15. The molecule has 0 unspecified atom stereocenters. The molecule has 4 aromatic carbocycles. The first kappa shape index (κ1) is 26.1. The van der Waals surface area contributed by atoms with Crippen molar-refractivity contribution in [3.05, 3.63) is 126 Å². The molecule has 7 heteroatoms. The summed E-state index contributed by atoms with van der Waals surface area (Å²) in [6.07, 6.45) is 1.92. The van der Waals surface area contributed by atoms with E-state index in [1.54, 1.807) is 0 Å². The number of ether oxygens (including phenoxy) is 2. The smallest absolute Gasteiger partial charge is 0.161 e. The molecule has 1 N–H and O–H groups in total. The molecule has 0 atom stereocenters. The van der Waals surface area contributed by atoms with Gasteiger partial charge in [-0.3, -0.25) is 0 Å². The highest BCUT2D eigenvalue weighted by atomic mass is 16.5. The van der Waals surface area contributed by atoms with Gasteiger partial charge in [-0.15, -0.1) is 5.10 Å². The number of imidazole rings is 1. The number of nitrogens with one attached hydrogen (secondary N) is 1. The van der Waals surface area contributed by atoms with Gasteiger partial charge in [0.2, 0.25) is 0 Å². The Bertz CT molecular complexity index is 1690. The van der Waals surface area contributed by atoms with Crippen molar-refractivity contribution >= 4 is 0 Å². The second-order valence-corrected chi connectivity index (χ2v) is 9.76. The van der Waals surface area contributed by atoms with E-state index in [4.69, 9.17) is 14.5 Å². The topological polar surface area (TPSA) is 77.9 Å². The van der Waals surface area contributed by atoms with Crippen LogP contribution in [0.5, 0.6) is 11.5 Å². The quantitative estimate of drug-likeness (QED) is 0.196. The first-order chi connectivity index (χ1) is 20.2. The predicted octanol–water partition coefficient (Wildman–Crippen LogP) is 7.34. The Morgan fingerprint density at radius 2 is 1.49 bits per heavy atom. The fourth-order valence-corrected chi connectivity index (χ4v) is 4.77. The molecule has 6 rings (SSSR count). The van der Waals surface area contributed by atoms with Crippen LogP contribution in [0.25, 0.3) is 33.9 Å². The van der Waals surface area contributed by atoms with E-state index in [0.717, 1.165) is 39.6 Å². The van der Waals surface area contributed by atoms with Crippen LogP contribution in [0.4, 0.5) is 0 Å². The summed E-state index contributed by atoms with van der Waals surface area (Å²) < 4.78 is 14.0. The van der Waals surface area contributed by atoms with Crippen molar-refractivity contribution in [3.8, 4) is 45.4 Å². The van der Waals surface area contributed by atoms with Crippen molar-refractivity contribution in [1.29, 1.82) is 0 Å². The summed E-state index contributed by atoms with van der Waals surface area (Å²) in [5.41, 5.74) is 8.09. The van der Waals surface area contributed by atoms with E-state index >= 15 is 0 Å². The molecule has 0 radical (unpaired) electrons. The van der Waals surface area contributed by atoms with Gasteiger partial charge in [-0.05, 0) is 43.2 Å². The highest BCUT2D eigenvalue weighted by Crippen LogP contribution is 2.36. The van der Waals surface area contributed by atoms with Crippen LogP contribution in [-0.2, 0) is 13.2 Å². The molecule has 0 fully saturated rings. The van der Waals surface area contributed by atoms with E-state index in [1.165, 1.54) is 11.1 Å². The zero-order valence-corrected chi connectivity index (χ0v) is 23.1. The van der Waals surface area contributed by atoms with Gasteiger partial charge in [0.05, 0.1) is 30.7 Å². The molecule has 7 nitrogen and oxygen atoms in total. The van der Waals surface area contributed by atoms with Crippen molar-refractivity contribution in [2.45, 2.75) is 27.0 Å². The lowest BCUT2D eigenvalue weighted by Crippen LogP contribution is -2.02. The molecule has 6 aromatic rings. The highest BCUT2D eigenvalue weighted by Gasteiger charge is 2.17. The van der Waals surface area contributed by atoms with E-state index in [2.05, 4.69) is 58.6 Å². The lowest BCUT2D eigenvalue weighted by atomic mass is 10.1. The monoisotopic (exact) mass is 541 g/mol. The largest absolute Gasteiger partial charge is 0.490 e. The van der Waals surface area contributed by atoms with Crippen molar-refractivity contribution in [1.82, 2.24) is 25.0 Å². The number of benzene rings is 4. The number of H-pyrrole nitrogens is 1. The Balaban J connectivity index is 1.24. The molecule has 2 aromatic heterocycles. The number of rotatable bonds is 10. The van der Waals surface area contributed by atoms with Crippen LogP contribution in [0.1, 0.15) is 23.7 Å². The summed E-state index contributed by atoms with van der Waals surface area (Å²) in [6.45, 7) is 5.52. The number of aromatic amines is 1. The molecule has 0 aliphatic rings. The van der Waals surface area contributed by atoms with Gasteiger partial charge >= 0.3 is 0 Å². The van der Waals surface area contributed by atoms with Crippen LogP contribution in [0, 0.1) is 6.92 Å². The average molecular weight is 542 g/mol. The van der Waals surface area contributed by atoms with Crippen molar-refractivity contribution in [2.24, 2.45) is 0 Å². The van der Waals surface area contributed by atoms with Gasteiger partial charge in [0, 0.05) is 16.7 Å². The predicted molar refractivity (Wildman–Crippen MR) is 161 cm³/mol. The summed E-state index contributed by atoms with van der Waals surface area (Å²) in [4.78, 5) is 8.58. The van der Waals surface area contributed by atoms with Crippen molar-refractivity contribution in [3.63, 3.8) is 0 Å². The van der Waals surface area contributed by atoms with Gasteiger partial charge in [0.25, 0.3) is 0 Å². The lowest BCUT2D eigenvalue weighted by molar-refractivity contribution is 0.266. The fraction of sp³-hybridized carbons (Fsp3) is 0.147. The number of aromatic nitrogens is 5. The average Bonchev–Trinajstić information content (AvgIpc) is 3.66. The van der Waals surface area contributed by atoms with Crippen molar-refractivity contribution in [2.75, 3.05) is 6.61 Å². The standard InChI is InChI=1S/C34H31N5O2/c1-3-40-31-20-27(34-35-32(25-13-6-4-7-14-25)33(36-34)26-15-8-5-9-16-26)18-19-30(31)41-23-29-22-39(38-37-29)21-28-17-11-10-12-24(28)2/h4-20,22H,3,21,23H2,1-2H3,(H,35,36). The first-order valence-electron chi connectivity index (χ1n) is 13.7. The van der Waals surface area contributed by atoms with Gasteiger partial charge in [-0.1, -0.05) is 90.1 Å². The zero-order chi connectivity index (χ0) is 28.0. The number of hydrogen-bond donors (Lipinski definition) is 1. The molecule has 0 saturated carbocycles. The molecule has 0 aliphatic carbocycles. The summed E-state index contributed by atoms with van der Waals surface area (Å²) in [5, 5.41) is 8.58. The fourth-order valence-electron chi connectivity index (χ4n) is 4.77. The van der Waals surface area contributed by atoms with E-state index in [-0.39, 0.29) is 6.61 Å². The second-order valence-electron chi connectivity index (χ2n) is 9.76. The molecule has 204 valence electrons. The van der Waals surface area contributed by atoms with Crippen LogP contribution in [0.3, 0.4) is 0 Å². The maximum Gasteiger partial charge on any atom is 0.161 e. The summed E-state index contributed by atoms with van der Waals surface area (Å²) in [6, 6.07) is 34.6. The minimum atomic E-state index is 0.282. The highest BCUT2D eigenvalue weighted by molar-refractivity contribution is 5.81. The molecule has 2 heterocycles. The molecular formula is C34H31N5O2. The maximum atomic E-state index is 6.15. The Hall–Kier alpha value is -5.17. The van der Waals surface area contributed by atoms with Crippen LogP contribution in [0.15, 0.2) is 109 Å². The van der Waals surface area contributed by atoms with E-state index < -0.39 is 0 Å². The van der Waals surface area contributed by atoms with Gasteiger partial charge < -0.3 is 14.5 Å². The molecule has 0 aliphatic heterocycles. The molecule has 41 heavy (non-hydrogen) atoms. The van der Waals surface area contributed by atoms with E-state index in [1.807, 2.05) is 84.5 Å². The Morgan fingerprint density at radius 1 is 0.756 bits per heavy atom. The van der Waals surface area contributed by atoms with Crippen molar-refractivity contribution < 1.29 is 9.47 Å². The minimum absolute atomic E-state index is 0.282. The van der Waals surface area contributed by atoms with Crippen LogP contribution in [-0.4, -0.2) is 31.6 Å². The molecule has 0 bridgehead atoms. The van der Waals surface area contributed by atoms with Gasteiger partial charge in [-0.2, -0.15) is 0 Å². The summed E-state index contributed by atoms with van der Waals surface area (Å²) in [5.74, 6) is 2.05. The lowest BCUT2D eigenvalue weighted by Gasteiger charge is -2.12. The molecule has 0 amide bonds.